The summed E-state index contributed by atoms with van der Waals surface area (Å²) in [5, 5.41) is 3.57. The van der Waals surface area contributed by atoms with Gasteiger partial charge in [-0.25, -0.2) is 4.98 Å². The molecule has 6 heteroatoms. The molecule has 2 heterocycles. The van der Waals surface area contributed by atoms with Crippen LogP contribution >= 0.6 is 11.5 Å². The predicted octanol–water partition coefficient (Wildman–Crippen LogP) is 2.55. The van der Waals surface area contributed by atoms with Crippen LogP contribution in [-0.2, 0) is 17.6 Å². The molecule has 5 nitrogen and oxygen atoms in total. The summed E-state index contributed by atoms with van der Waals surface area (Å²) < 4.78 is 4.32. The predicted molar refractivity (Wildman–Crippen MR) is 80.3 cm³/mol. The summed E-state index contributed by atoms with van der Waals surface area (Å²) in [5.41, 5.74) is 2.33. The Morgan fingerprint density at radius 3 is 3.10 bits per heavy atom. The van der Waals surface area contributed by atoms with Crippen molar-refractivity contribution < 1.29 is 4.79 Å². The van der Waals surface area contributed by atoms with Crippen molar-refractivity contribution in [3.8, 4) is 0 Å². The highest BCUT2D eigenvalue weighted by Gasteiger charge is 2.29. The topological polar surface area (TPSA) is 67.8 Å². The van der Waals surface area contributed by atoms with Gasteiger partial charge in [-0.3, -0.25) is 9.78 Å². The number of carbonyl (C=O) groups is 1. The van der Waals surface area contributed by atoms with Gasteiger partial charge in [0.05, 0.1) is 0 Å². The molecule has 2 aliphatic rings. The Morgan fingerprint density at radius 2 is 2.24 bits per heavy atom. The fourth-order valence-corrected chi connectivity index (χ4v) is 3.44. The summed E-state index contributed by atoms with van der Waals surface area (Å²) in [5.74, 6) is 1.49. The smallest absolute Gasteiger partial charge is 0.229 e. The molecule has 1 saturated carbocycles. The van der Waals surface area contributed by atoms with Crippen molar-refractivity contribution in [3.05, 3.63) is 35.4 Å². The first kappa shape index (κ1) is 12.9. The molecular weight excluding hydrogens is 284 g/mol. The number of nitrogens with zero attached hydrogens (tertiary/aromatic N) is 3. The van der Waals surface area contributed by atoms with E-state index in [9.17, 15) is 4.79 Å². The van der Waals surface area contributed by atoms with Crippen molar-refractivity contribution in [2.75, 3.05) is 5.32 Å². The summed E-state index contributed by atoms with van der Waals surface area (Å²) in [6.07, 6.45) is 6.66. The lowest BCUT2D eigenvalue weighted by Gasteiger charge is -2.22. The lowest BCUT2D eigenvalue weighted by Crippen LogP contribution is -2.28. The number of pyridine rings is 1. The van der Waals surface area contributed by atoms with Crippen LogP contribution in [0.25, 0.3) is 0 Å². The van der Waals surface area contributed by atoms with Gasteiger partial charge in [0, 0.05) is 35.3 Å². The quantitative estimate of drug-likeness (QED) is 0.946. The molecule has 1 N–H and O–H groups in total. The zero-order valence-electron chi connectivity index (χ0n) is 11.6. The lowest BCUT2D eigenvalue weighted by atomic mass is 9.86. The maximum Gasteiger partial charge on any atom is 0.229 e. The van der Waals surface area contributed by atoms with Crippen molar-refractivity contribution in [2.45, 2.75) is 38.0 Å². The van der Waals surface area contributed by atoms with Crippen molar-refractivity contribution in [2.24, 2.45) is 5.92 Å². The van der Waals surface area contributed by atoms with Crippen molar-refractivity contribution in [1.82, 2.24) is 14.3 Å². The van der Waals surface area contributed by atoms with Crippen LogP contribution in [0.4, 0.5) is 5.13 Å². The number of hydrogen-bond acceptors (Lipinski definition) is 5. The average molecular weight is 300 g/mol. The van der Waals surface area contributed by atoms with E-state index in [1.54, 1.807) is 0 Å². The maximum atomic E-state index is 12.4. The highest BCUT2D eigenvalue weighted by Crippen LogP contribution is 2.39. The largest absolute Gasteiger partial charge is 0.300 e. The van der Waals surface area contributed by atoms with E-state index >= 15 is 0 Å². The van der Waals surface area contributed by atoms with E-state index in [2.05, 4.69) is 25.7 Å². The third-order valence-corrected chi connectivity index (χ3v) is 4.81. The summed E-state index contributed by atoms with van der Waals surface area (Å²) in [7, 11) is 0. The molecule has 1 unspecified atom stereocenters. The lowest BCUT2D eigenvalue weighted by molar-refractivity contribution is -0.120. The molecule has 0 bridgehead atoms. The molecule has 1 fully saturated rings. The van der Waals surface area contributed by atoms with E-state index in [0.717, 1.165) is 30.8 Å². The fraction of sp³-hybridized carbons (Fsp3) is 0.467. The van der Waals surface area contributed by atoms with Crippen molar-refractivity contribution in [1.29, 1.82) is 0 Å². The van der Waals surface area contributed by atoms with E-state index in [4.69, 9.17) is 0 Å². The zero-order chi connectivity index (χ0) is 14.2. The first-order valence-corrected chi connectivity index (χ1v) is 8.14. The second kappa shape index (κ2) is 5.18. The highest BCUT2D eigenvalue weighted by atomic mass is 32.1. The number of hydrogen-bond donors (Lipinski definition) is 1. The van der Waals surface area contributed by atoms with Gasteiger partial charge in [-0.15, -0.1) is 0 Å². The number of aromatic nitrogens is 3. The van der Waals surface area contributed by atoms with E-state index in [1.165, 1.54) is 29.9 Å². The number of carbonyl (C=O) groups excluding carboxylic acids is 1. The molecule has 2 aromatic rings. The highest BCUT2D eigenvalue weighted by molar-refractivity contribution is 7.09. The minimum absolute atomic E-state index is 0.00924. The van der Waals surface area contributed by atoms with Gasteiger partial charge in [0.15, 0.2) is 0 Å². The maximum absolute atomic E-state index is 12.4. The summed E-state index contributed by atoms with van der Waals surface area (Å²) in [6, 6.07) is 4.00. The Morgan fingerprint density at radius 1 is 1.33 bits per heavy atom. The Labute approximate surface area is 127 Å². The van der Waals surface area contributed by atoms with Gasteiger partial charge < -0.3 is 5.32 Å². The standard InChI is InChI=1S/C15H16N4OS/c20-14(18-15-17-13(19-21-15)9-3-4-9)11-5-6-12-10(8-11)2-1-7-16-12/h1-2,7,9,11H,3-6,8H2,(H,17,18,19,20). The van der Waals surface area contributed by atoms with E-state index in [0.29, 0.717) is 11.0 Å². The number of aryl methyl sites for hydroxylation is 1. The number of nitrogens with one attached hydrogen (secondary N) is 1. The fourth-order valence-electron chi connectivity index (χ4n) is 2.78. The minimum atomic E-state index is 0.00924. The molecule has 4 rings (SSSR count). The molecule has 0 radical (unpaired) electrons. The molecule has 0 saturated heterocycles. The van der Waals surface area contributed by atoms with E-state index in [1.807, 2.05) is 12.3 Å². The number of anilines is 1. The van der Waals surface area contributed by atoms with Crippen LogP contribution in [0.1, 0.15) is 42.3 Å². The second-order valence-electron chi connectivity index (χ2n) is 5.77. The SMILES string of the molecule is O=C(Nc1nc(C2CC2)ns1)C1CCc2ncccc2C1. The van der Waals surface area contributed by atoms with Crippen LogP contribution in [0, 0.1) is 5.92 Å². The van der Waals surface area contributed by atoms with Gasteiger partial charge in [-0.1, -0.05) is 6.07 Å². The molecule has 2 aromatic heterocycles. The van der Waals surface area contributed by atoms with Gasteiger partial charge in [-0.05, 0) is 43.7 Å². The molecule has 0 aromatic carbocycles. The third kappa shape index (κ3) is 2.68. The Balaban J connectivity index is 1.43. The Kier molecular flexibility index (Phi) is 3.18. The van der Waals surface area contributed by atoms with Gasteiger partial charge in [0.2, 0.25) is 11.0 Å². The molecule has 0 spiro atoms. The second-order valence-corrected chi connectivity index (χ2v) is 6.52. The number of fused-ring (bicyclic) bond motifs is 1. The Hall–Kier alpha value is -1.82. The first-order chi connectivity index (χ1) is 10.3. The van der Waals surface area contributed by atoms with Crippen molar-refractivity contribution >= 4 is 22.6 Å². The van der Waals surface area contributed by atoms with Crippen LogP contribution in [0.3, 0.4) is 0 Å². The van der Waals surface area contributed by atoms with Gasteiger partial charge in [0.1, 0.15) is 5.82 Å². The molecule has 1 amide bonds. The Bertz CT molecular complexity index is 680. The van der Waals surface area contributed by atoms with Crippen LogP contribution < -0.4 is 5.32 Å². The van der Waals surface area contributed by atoms with Crippen LogP contribution in [-0.4, -0.2) is 20.2 Å². The van der Waals surface area contributed by atoms with Crippen LogP contribution in [0.15, 0.2) is 18.3 Å². The van der Waals surface area contributed by atoms with Gasteiger partial charge in [0.25, 0.3) is 0 Å². The van der Waals surface area contributed by atoms with E-state index in [-0.39, 0.29) is 11.8 Å². The van der Waals surface area contributed by atoms with Crippen LogP contribution in [0.2, 0.25) is 0 Å². The summed E-state index contributed by atoms with van der Waals surface area (Å²) >= 11 is 1.29. The monoisotopic (exact) mass is 300 g/mol. The minimum Gasteiger partial charge on any atom is -0.300 e. The van der Waals surface area contributed by atoms with Crippen molar-refractivity contribution in [3.63, 3.8) is 0 Å². The molecule has 108 valence electrons. The molecule has 21 heavy (non-hydrogen) atoms. The van der Waals surface area contributed by atoms with Crippen LogP contribution in [0.5, 0.6) is 0 Å². The average Bonchev–Trinajstić information content (AvgIpc) is 3.27. The first-order valence-electron chi connectivity index (χ1n) is 7.37. The molecule has 2 aliphatic carbocycles. The summed E-state index contributed by atoms with van der Waals surface area (Å²) in [4.78, 5) is 21.2. The zero-order valence-corrected chi connectivity index (χ0v) is 12.4. The third-order valence-electron chi connectivity index (χ3n) is 4.17. The number of rotatable bonds is 3. The van der Waals surface area contributed by atoms with Gasteiger partial charge >= 0.3 is 0 Å². The van der Waals surface area contributed by atoms with E-state index < -0.39 is 0 Å². The van der Waals surface area contributed by atoms with Gasteiger partial charge in [-0.2, -0.15) is 4.37 Å². The molecular formula is C15H16N4OS. The normalized spacial score (nSPS) is 20.9. The summed E-state index contributed by atoms with van der Waals surface area (Å²) in [6.45, 7) is 0. The number of amides is 1. The molecule has 1 atom stereocenters. The molecule has 0 aliphatic heterocycles.